The topological polar surface area (TPSA) is 83.8 Å². The normalized spacial score (nSPS) is 22.6. The molecule has 0 spiro atoms. The van der Waals surface area contributed by atoms with E-state index < -0.39 is 17.7 Å². The molecular formula is C34H43ClN6O3. The number of carbonyl (C=O) groups excluding carboxylic acids is 2. The molecule has 1 unspecified atom stereocenters. The number of aromatic nitrogens is 3. The van der Waals surface area contributed by atoms with E-state index >= 15 is 0 Å². The van der Waals surface area contributed by atoms with Gasteiger partial charge in [-0.1, -0.05) is 35.9 Å². The van der Waals surface area contributed by atoms with Crippen LogP contribution in [0.2, 0.25) is 5.02 Å². The predicted octanol–water partition coefficient (Wildman–Crippen LogP) is 5.29. The van der Waals surface area contributed by atoms with Gasteiger partial charge in [0, 0.05) is 51.7 Å². The summed E-state index contributed by atoms with van der Waals surface area (Å²) in [6.45, 7) is 11.1. The fourth-order valence-corrected chi connectivity index (χ4v) is 7.22. The minimum absolute atomic E-state index is 0.0155. The van der Waals surface area contributed by atoms with Crippen molar-refractivity contribution < 1.29 is 14.3 Å². The van der Waals surface area contributed by atoms with Crippen LogP contribution in [0.4, 0.5) is 4.79 Å². The Bertz CT molecular complexity index is 1520. The summed E-state index contributed by atoms with van der Waals surface area (Å²) in [5, 5.41) is 0.627. The number of aryl methyl sites for hydroxylation is 3. The molecule has 2 saturated heterocycles. The molecule has 0 N–H and O–H groups in total. The van der Waals surface area contributed by atoms with E-state index in [1.54, 1.807) is 11.1 Å². The Hall–Kier alpha value is -3.43. The van der Waals surface area contributed by atoms with E-state index in [9.17, 15) is 9.59 Å². The zero-order chi connectivity index (χ0) is 31.0. The molecule has 2 aliphatic heterocycles. The number of amides is 2. The Morgan fingerprint density at radius 3 is 2.61 bits per heavy atom. The minimum Gasteiger partial charge on any atom is -0.444 e. The first-order valence-corrected chi connectivity index (χ1v) is 16.2. The zero-order valence-corrected chi connectivity index (χ0v) is 27.0. The van der Waals surface area contributed by atoms with Crippen molar-refractivity contribution in [3.63, 3.8) is 0 Å². The van der Waals surface area contributed by atoms with Crippen LogP contribution < -0.4 is 0 Å². The number of fused-ring (bicyclic) bond motifs is 2. The molecule has 234 valence electrons. The summed E-state index contributed by atoms with van der Waals surface area (Å²) in [5.41, 5.74) is 4.91. The van der Waals surface area contributed by atoms with Crippen molar-refractivity contribution in [3.05, 3.63) is 82.2 Å². The molecular weight excluding hydrogens is 576 g/mol. The Labute approximate surface area is 265 Å². The van der Waals surface area contributed by atoms with Crippen LogP contribution in [0, 0.1) is 12.8 Å². The molecule has 0 bridgehead atoms. The fraction of sp³-hybridized carbons (Fsp3) is 0.529. The maximum absolute atomic E-state index is 14.5. The lowest BCUT2D eigenvalue weighted by Crippen LogP contribution is -2.63. The third kappa shape index (κ3) is 6.64. The van der Waals surface area contributed by atoms with Gasteiger partial charge < -0.3 is 14.2 Å². The predicted molar refractivity (Wildman–Crippen MR) is 170 cm³/mol. The van der Waals surface area contributed by atoms with Gasteiger partial charge in [-0.15, -0.1) is 0 Å². The third-order valence-electron chi connectivity index (χ3n) is 8.99. The highest BCUT2D eigenvalue weighted by molar-refractivity contribution is 6.30. The lowest BCUT2D eigenvalue weighted by Gasteiger charge is -2.46. The van der Waals surface area contributed by atoms with Gasteiger partial charge >= 0.3 is 6.09 Å². The van der Waals surface area contributed by atoms with Gasteiger partial charge in [-0.3, -0.25) is 19.6 Å². The Morgan fingerprint density at radius 1 is 1.05 bits per heavy atom. The number of imidazole rings is 1. The molecule has 10 heteroatoms. The monoisotopic (exact) mass is 618 g/mol. The molecule has 0 saturated carbocycles. The van der Waals surface area contributed by atoms with Crippen LogP contribution in [-0.2, 0) is 28.9 Å². The lowest BCUT2D eigenvalue weighted by atomic mass is 9.94. The number of hydrogen-bond donors (Lipinski definition) is 0. The van der Waals surface area contributed by atoms with Gasteiger partial charge in [0.2, 0.25) is 5.91 Å². The summed E-state index contributed by atoms with van der Waals surface area (Å²) in [7, 11) is 0. The number of likely N-dealkylation sites (tertiary alicyclic amines) is 1. The smallest absolute Gasteiger partial charge is 0.411 e. The maximum atomic E-state index is 14.5. The number of ether oxygens (including phenoxy) is 1. The van der Waals surface area contributed by atoms with Crippen molar-refractivity contribution in [1.29, 1.82) is 0 Å². The number of hydrogen-bond acceptors (Lipinski definition) is 6. The molecule has 3 aromatic rings. The number of halogens is 1. The minimum atomic E-state index is -0.668. The van der Waals surface area contributed by atoms with Crippen LogP contribution in [0.1, 0.15) is 67.7 Å². The molecule has 2 amide bonds. The van der Waals surface area contributed by atoms with Gasteiger partial charge in [-0.25, -0.2) is 9.78 Å². The summed E-state index contributed by atoms with van der Waals surface area (Å²) in [4.78, 5) is 43.2. The fourth-order valence-electron chi connectivity index (χ4n) is 7.04. The SMILES string of the molecule is Cc1cn(C[C@H]2CCCN(C(=O)[C@H]3CN(C4c5ccccc5CCc5cc(Cl)cnc54)CCN3C(=O)OC(C)(C)C)C2)cn1. The second-order valence-corrected chi connectivity index (χ2v) is 13.9. The van der Waals surface area contributed by atoms with E-state index in [1.165, 1.54) is 11.1 Å². The molecule has 1 aliphatic carbocycles. The van der Waals surface area contributed by atoms with Crippen LogP contribution in [0.25, 0.3) is 0 Å². The van der Waals surface area contributed by atoms with Gasteiger partial charge in [-0.05, 0) is 82.1 Å². The summed E-state index contributed by atoms with van der Waals surface area (Å²) >= 11 is 6.41. The molecule has 9 nitrogen and oxygen atoms in total. The van der Waals surface area contributed by atoms with Crippen LogP contribution >= 0.6 is 11.6 Å². The highest BCUT2D eigenvalue weighted by Crippen LogP contribution is 2.38. The summed E-state index contributed by atoms with van der Waals surface area (Å²) < 4.78 is 7.95. The number of carbonyl (C=O) groups is 2. The van der Waals surface area contributed by atoms with E-state index in [1.807, 2.05) is 51.2 Å². The van der Waals surface area contributed by atoms with Gasteiger partial charge in [0.1, 0.15) is 11.6 Å². The van der Waals surface area contributed by atoms with Crippen molar-refractivity contribution in [2.75, 3.05) is 32.7 Å². The number of benzene rings is 1. The lowest BCUT2D eigenvalue weighted by molar-refractivity contribution is -0.141. The molecule has 2 aromatic heterocycles. The average Bonchev–Trinajstić information content (AvgIpc) is 3.32. The highest BCUT2D eigenvalue weighted by Gasteiger charge is 2.43. The van der Waals surface area contributed by atoms with Crippen molar-refractivity contribution in [1.82, 2.24) is 29.2 Å². The molecule has 2 fully saturated rings. The van der Waals surface area contributed by atoms with E-state index in [4.69, 9.17) is 21.3 Å². The van der Waals surface area contributed by atoms with Crippen molar-refractivity contribution in [3.8, 4) is 0 Å². The number of piperidine rings is 1. The van der Waals surface area contributed by atoms with Gasteiger partial charge in [0.25, 0.3) is 0 Å². The average molecular weight is 619 g/mol. The van der Waals surface area contributed by atoms with Gasteiger partial charge in [0.05, 0.1) is 28.8 Å². The van der Waals surface area contributed by atoms with Gasteiger partial charge in [0.15, 0.2) is 0 Å². The Balaban J connectivity index is 1.30. The van der Waals surface area contributed by atoms with Crippen LogP contribution in [0.15, 0.2) is 49.1 Å². The zero-order valence-electron chi connectivity index (χ0n) is 26.2. The van der Waals surface area contributed by atoms with Crippen molar-refractivity contribution in [2.45, 2.75) is 77.6 Å². The first-order valence-electron chi connectivity index (χ1n) is 15.8. The molecule has 0 radical (unpaired) electrons. The summed E-state index contributed by atoms with van der Waals surface area (Å²) in [6, 6.07) is 9.73. The van der Waals surface area contributed by atoms with E-state index in [0.29, 0.717) is 43.7 Å². The standard InChI is InChI=1S/C34H43ClN6O3/c1-23-18-38(22-37-23)19-24-8-7-13-40(20-24)32(42)29-21-39(14-15-41(29)33(43)44-34(2,3)4)31-28-10-6-5-9-25(28)11-12-26-16-27(35)17-36-30(26)31/h5-6,9-10,16-18,22,24,29,31H,7-8,11-15,19-21H2,1-4H3/t24-,29-,31?/m1/s1. The number of piperazine rings is 1. The second kappa shape index (κ2) is 12.5. The quantitative estimate of drug-likeness (QED) is 0.395. The number of rotatable bonds is 4. The number of pyridine rings is 1. The molecule has 1 aromatic carbocycles. The Kier molecular flexibility index (Phi) is 8.70. The third-order valence-corrected chi connectivity index (χ3v) is 9.20. The van der Waals surface area contributed by atoms with Crippen LogP contribution in [0.5, 0.6) is 0 Å². The van der Waals surface area contributed by atoms with Crippen molar-refractivity contribution in [2.24, 2.45) is 5.92 Å². The summed E-state index contributed by atoms with van der Waals surface area (Å²) in [5.74, 6) is 0.309. The van der Waals surface area contributed by atoms with E-state index in [-0.39, 0.29) is 11.9 Å². The Morgan fingerprint density at radius 2 is 1.84 bits per heavy atom. The number of nitrogens with zero attached hydrogens (tertiary/aromatic N) is 6. The van der Waals surface area contributed by atoms with Gasteiger partial charge in [-0.2, -0.15) is 0 Å². The van der Waals surface area contributed by atoms with E-state index in [2.05, 4.69) is 38.7 Å². The van der Waals surface area contributed by atoms with Crippen molar-refractivity contribution >= 4 is 23.6 Å². The summed E-state index contributed by atoms with van der Waals surface area (Å²) in [6.07, 6.45) is 8.92. The molecule has 4 heterocycles. The van der Waals surface area contributed by atoms with E-state index in [0.717, 1.165) is 49.2 Å². The van der Waals surface area contributed by atoms with Crippen LogP contribution in [0.3, 0.4) is 0 Å². The largest absolute Gasteiger partial charge is 0.444 e. The second-order valence-electron chi connectivity index (χ2n) is 13.5. The first-order chi connectivity index (χ1) is 21.1. The molecule has 3 atom stereocenters. The van der Waals surface area contributed by atoms with Crippen LogP contribution in [-0.4, -0.2) is 85.6 Å². The molecule has 44 heavy (non-hydrogen) atoms. The maximum Gasteiger partial charge on any atom is 0.411 e. The highest BCUT2D eigenvalue weighted by atomic mass is 35.5. The molecule has 6 rings (SSSR count). The molecule has 3 aliphatic rings. The first kappa shape index (κ1) is 30.6.